The third kappa shape index (κ3) is 3.70. The van der Waals surface area contributed by atoms with E-state index < -0.39 is 0 Å². The summed E-state index contributed by atoms with van der Waals surface area (Å²) in [5.41, 5.74) is 1.06. The summed E-state index contributed by atoms with van der Waals surface area (Å²) >= 11 is 0. The van der Waals surface area contributed by atoms with Crippen molar-refractivity contribution in [2.24, 2.45) is 0 Å². The highest BCUT2D eigenvalue weighted by atomic mass is 35.5. The Morgan fingerprint density at radius 1 is 1.50 bits per heavy atom. The van der Waals surface area contributed by atoms with Crippen LogP contribution in [0, 0.1) is 0 Å². The van der Waals surface area contributed by atoms with Crippen LogP contribution in [0.5, 0.6) is 0 Å². The molecule has 1 aliphatic heterocycles. The van der Waals surface area contributed by atoms with Crippen molar-refractivity contribution in [3.05, 3.63) is 24.3 Å². The summed E-state index contributed by atoms with van der Waals surface area (Å²) in [5, 5.41) is 3.34. The van der Waals surface area contributed by atoms with Crippen LogP contribution in [0.3, 0.4) is 0 Å². The summed E-state index contributed by atoms with van der Waals surface area (Å²) in [5.74, 6) is 0. The first kappa shape index (κ1) is 13.4. The van der Waals surface area contributed by atoms with Crippen LogP contribution in [0.15, 0.2) is 18.6 Å². The highest BCUT2D eigenvalue weighted by Gasteiger charge is 2.18. The van der Waals surface area contributed by atoms with Crippen molar-refractivity contribution in [1.82, 2.24) is 20.2 Å². The summed E-state index contributed by atoms with van der Waals surface area (Å²) in [4.78, 5) is 10.8. The van der Waals surface area contributed by atoms with Crippen LogP contribution in [-0.2, 0) is 6.54 Å². The van der Waals surface area contributed by atoms with Crippen molar-refractivity contribution in [3.63, 3.8) is 0 Å². The quantitative estimate of drug-likeness (QED) is 0.862. The molecule has 16 heavy (non-hydrogen) atoms. The molecule has 0 aliphatic carbocycles. The number of hydrogen-bond donors (Lipinski definition) is 1. The number of piperidine rings is 1. The predicted octanol–water partition coefficient (Wildman–Crippen LogP) is 1.08. The molecule has 0 spiro atoms. The van der Waals surface area contributed by atoms with Gasteiger partial charge in [-0.05, 0) is 26.4 Å². The van der Waals surface area contributed by atoms with Gasteiger partial charge in [-0.2, -0.15) is 0 Å². The minimum Gasteiger partial charge on any atom is -0.316 e. The van der Waals surface area contributed by atoms with Crippen LogP contribution in [-0.4, -0.2) is 41.0 Å². The van der Waals surface area contributed by atoms with Gasteiger partial charge in [0.2, 0.25) is 0 Å². The first-order chi connectivity index (χ1) is 7.38. The van der Waals surface area contributed by atoms with Gasteiger partial charge in [0, 0.05) is 37.7 Å². The normalized spacial score (nSPS) is 21.4. The van der Waals surface area contributed by atoms with Crippen molar-refractivity contribution < 1.29 is 0 Å². The first-order valence-electron chi connectivity index (χ1n) is 5.53. The Morgan fingerprint density at radius 2 is 2.38 bits per heavy atom. The second-order valence-electron chi connectivity index (χ2n) is 4.06. The second kappa shape index (κ2) is 6.78. The molecule has 2 heterocycles. The summed E-state index contributed by atoms with van der Waals surface area (Å²) in [6, 6.07) is 0.635. The maximum atomic E-state index is 4.30. The summed E-state index contributed by atoms with van der Waals surface area (Å²) in [7, 11) is 2.04. The fourth-order valence-electron chi connectivity index (χ4n) is 2.08. The van der Waals surface area contributed by atoms with Crippen LogP contribution in [0.1, 0.15) is 18.5 Å². The fraction of sp³-hybridized carbons (Fsp3) is 0.636. The van der Waals surface area contributed by atoms with Gasteiger partial charge in [-0.1, -0.05) is 0 Å². The number of likely N-dealkylation sites (tertiary alicyclic amines) is 1. The zero-order valence-corrected chi connectivity index (χ0v) is 10.4. The molecular weight excluding hydrogens is 224 g/mol. The highest BCUT2D eigenvalue weighted by molar-refractivity contribution is 5.85. The average molecular weight is 243 g/mol. The van der Waals surface area contributed by atoms with Crippen LogP contribution < -0.4 is 5.32 Å². The van der Waals surface area contributed by atoms with E-state index in [1.807, 2.05) is 13.2 Å². The first-order valence-corrected chi connectivity index (χ1v) is 5.53. The van der Waals surface area contributed by atoms with Gasteiger partial charge in [-0.25, -0.2) is 0 Å². The van der Waals surface area contributed by atoms with Gasteiger partial charge in [-0.15, -0.1) is 12.4 Å². The average Bonchev–Trinajstić information content (AvgIpc) is 2.31. The lowest BCUT2D eigenvalue weighted by Gasteiger charge is -2.32. The van der Waals surface area contributed by atoms with E-state index in [0.29, 0.717) is 6.04 Å². The Kier molecular flexibility index (Phi) is 5.66. The molecule has 1 unspecified atom stereocenters. The van der Waals surface area contributed by atoms with E-state index in [0.717, 1.165) is 18.8 Å². The molecule has 5 heteroatoms. The molecule has 0 bridgehead atoms. The van der Waals surface area contributed by atoms with Gasteiger partial charge in [0.1, 0.15) is 0 Å². The number of likely N-dealkylation sites (N-methyl/N-ethyl adjacent to an activating group) is 1. The van der Waals surface area contributed by atoms with E-state index >= 15 is 0 Å². The standard InChI is InChI=1S/C11H18N4.ClH/c1-12-10-3-2-6-15(8-10)9-11-7-13-4-5-14-11;/h4-5,7,10,12H,2-3,6,8-9H2,1H3;1H. The van der Waals surface area contributed by atoms with Crippen molar-refractivity contribution in [3.8, 4) is 0 Å². The number of aromatic nitrogens is 2. The molecule has 0 amide bonds. The molecule has 90 valence electrons. The molecule has 0 saturated carbocycles. The topological polar surface area (TPSA) is 41.0 Å². The molecule has 4 nitrogen and oxygen atoms in total. The van der Waals surface area contributed by atoms with E-state index in [2.05, 4.69) is 20.2 Å². The lowest BCUT2D eigenvalue weighted by molar-refractivity contribution is 0.186. The van der Waals surface area contributed by atoms with E-state index in [-0.39, 0.29) is 12.4 Å². The summed E-state index contributed by atoms with van der Waals surface area (Å²) in [6.07, 6.45) is 7.88. The molecule has 0 aromatic carbocycles. The lowest BCUT2D eigenvalue weighted by Crippen LogP contribution is -2.43. The molecule has 0 radical (unpaired) electrons. The molecule has 1 aromatic rings. The van der Waals surface area contributed by atoms with Crippen LogP contribution in [0.2, 0.25) is 0 Å². The number of nitrogens with one attached hydrogen (secondary N) is 1. The van der Waals surface area contributed by atoms with E-state index in [4.69, 9.17) is 0 Å². The second-order valence-corrected chi connectivity index (χ2v) is 4.06. The van der Waals surface area contributed by atoms with Crippen molar-refractivity contribution >= 4 is 12.4 Å². The van der Waals surface area contributed by atoms with E-state index in [1.165, 1.54) is 19.4 Å². The molecule has 1 saturated heterocycles. The van der Waals surface area contributed by atoms with Crippen LogP contribution in [0.4, 0.5) is 0 Å². The van der Waals surface area contributed by atoms with Gasteiger partial charge in [0.25, 0.3) is 0 Å². The van der Waals surface area contributed by atoms with Crippen LogP contribution in [0.25, 0.3) is 0 Å². The lowest BCUT2D eigenvalue weighted by atomic mass is 10.1. The van der Waals surface area contributed by atoms with Crippen molar-refractivity contribution in [2.75, 3.05) is 20.1 Å². The molecule has 2 rings (SSSR count). The summed E-state index contributed by atoms with van der Waals surface area (Å²) in [6.45, 7) is 3.22. The predicted molar refractivity (Wildman–Crippen MR) is 66.6 cm³/mol. The zero-order chi connectivity index (χ0) is 10.5. The molecule has 1 fully saturated rings. The van der Waals surface area contributed by atoms with Crippen molar-refractivity contribution in [2.45, 2.75) is 25.4 Å². The number of nitrogens with zero attached hydrogens (tertiary/aromatic N) is 3. The minimum absolute atomic E-state index is 0. The number of halogens is 1. The Labute approximate surface area is 103 Å². The smallest absolute Gasteiger partial charge is 0.0726 e. The molecule has 1 aliphatic rings. The summed E-state index contributed by atoms with van der Waals surface area (Å²) < 4.78 is 0. The SMILES string of the molecule is CNC1CCCN(Cc2cnccn2)C1.Cl. The third-order valence-electron chi connectivity index (χ3n) is 2.92. The maximum absolute atomic E-state index is 4.30. The molecule has 1 atom stereocenters. The Bertz CT molecular complexity index is 293. The fourth-order valence-corrected chi connectivity index (χ4v) is 2.08. The minimum atomic E-state index is 0. The van der Waals surface area contributed by atoms with Crippen LogP contribution >= 0.6 is 12.4 Å². The van der Waals surface area contributed by atoms with Gasteiger partial charge < -0.3 is 5.32 Å². The van der Waals surface area contributed by atoms with Crippen molar-refractivity contribution in [1.29, 1.82) is 0 Å². The van der Waals surface area contributed by atoms with E-state index in [9.17, 15) is 0 Å². The van der Waals surface area contributed by atoms with Gasteiger partial charge in [0.15, 0.2) is 0 Å². The zero-order valence-electron chi connectivity index (χ0n) is 9.59. The van der Waals surface area contributed by atoms with Gasteiger partial charge in [0.05, 0.1) is 5.69 Å². The third-order valence-corrected chi connectivity index (χ3v) is 2.92. The molecule has 1 aromatic heterocycles. The number of hydrogen-bond acceptors (Lipinski definition) is 4. The monoisotopic (exact) mass is 242 g/mol. The largest absolute Gasteiger partial charge is 0.316 e. The number of rotatable bonds is 3. The molecule has 1 N–H and O–H groups in total. The van der Waals surface area contributed by atoms with Gasteiger partial charge >= 0.3 is 0 Å². The van der Waals surface area contributed by atoms with Gasteiger partial charge in [-0.3, -0.25) is 14.9 Å². The Morgan fingerprint density at radius 3 is 3.06 bits per heavy atom. The Hall–Kier alpha value is -0.710. The highest BCUT2D eigenvalue weighted by Crippen LogP contribution is 2.11. The molecular formula is C11H19ClN4. The Balaban J connectivity index is 0.00000128. The maximum Gasteiger partial charge on any atom is 0.0726 e. The van der Waals surface area contributed by atoms with E-state index in [1.54, 1.807) is 12.4 Å².